The van der Waals surface area contributed by atoms with E-state index in [2.05, 4.69) is 4.72 Å². The summed E-state index contributed by atoms with van der Waals surface area (Å²) in [5, 5.41) is 0. The zero-order valence-electron chi connectivity index (χ0n) is 11.7. The Morgan fingerprint density at radius 1 is 1.29 bits per heavy atom. The predicted octanol–water partition coefficient (Wildman–Crippen LogP) is 1.24. The fourth-order valence-corrected chi connectivity index (χ4v) is 5.29. The summed E-state index contributed by atoms with van der Waals surface area (Å²) in [6.45, 7) is 1.59. The van der Waals surface area contributed by atoms with Crippen LogP contribution < -0.4 is 4.72 Å². The molecule has 1 aromatic carbocycles. The van der Waals surface area contributed by atoms with Crippen molar-refractivity contribution in [1.29, 1.82) is 0 Å². The molecule has 0 bridgehead atoms. The van der Waals surface area contributed by atoms with Gasteiger partial charge in [-0.05, 0) is 37.8 Å². The van der Waals surface area contributed by atoms with Gasteiger partial charge in [0.25, 0.3) is 0 Å². The molecule has 21 heavy (non-hydrogen) atoms. The Bertz CT molecular complexity index is 715. The highest BCUT2D eigenvalue weighted by molar-refractivity contribution is 7.91. The molecule has 1 heterocycles. The van der Waals surface area contributed by atoms with Gasteiger partial charge in [0.1, 0.15) is 15.7 Å². The van der Waals surface area contributed by atoms with Crippen LogP contribution in [0.3, 0.4) is 0 Å². The first-order valence-electron chi connectivity index (χ1n) is 6.66. The lowest BCUT2D eigenvalue weighted by Gasteiger charge is -2.22. The average Bonchev–Trinajstić information content (AvgIpc) is 2.40. The molecule has 0 saturated carbocycles. The lowest BCUT2D eigenvalue weighted by Crippen LogP contribution is -2.34. The van der Waals surface area contributed by atoms with Crippen LogP contribution in [0.2, 0.25) is 0 Å². The molecule has 1 saturated heterocycles. The summed E-state index contributed by atoms with van der Waals surface area (Å²) < 4.78 is 62.9. The van der Waals surface area contributed by atoms with E-state index in [1.165, 1.54) is 25.1 Å². The number of halogens is 1. The van der Waals surface area contributed by atoms with Crippen LogP contribution in [-0.2, 0) is 19.9 Å². The Morgan fingerprint density at radius 2 is 1.90 bits per heavy atom. The highest BCUT2D eigenvalue weighted by Gasteiger charge is 2.26. The van der Waals surface area contributed by atoms with Crippen LogP contribution in [0.4, 0.5) is 4.39 Å². The zero-order chi connectivity index (χ0) is 15.7. The minimum atomic E-state index is -3.78. The molecule has 0 atom stereocenters. The van der Waals surface area contributed by atoms with Crippen molar-refractivity contribution in [2.24, 2.45) is 5.92 Å². The summed E-state index contributed by atoms with van der Waals surface area (Å²) in [6.07, 6.45) is 0.903. The Hall–Kier alpha value is -0.990. The Balaban J connectivity index is 2.04. The first kappa shape index (κ1) is 16.4. The second kappa shape index (κ2) is 6.02. The second-order valence-corrected chi connectivity index (χ2v) is 9.35. The van der Waals surface area contributed by atoms with Crippen LogP contribution in [0.1, 0.15) is 18.4 Å². The average molecular weight is 335 g/mol. The molecular weight excluding hydrogens is 317 g/mol. The van der Waals surface area contributed by atoms with Crippen LogP contribution in [-0.4, -0.2) is 34.9 Å². The molecule has 0 unspecified atom stereocenters. The summed E-state index contributed by atoms with van der Waals surface area (Å²) in [5.74, 6) is -0.379. The van der Waals surface area contributed by atoms with Crippen molar-refractivity contribution in [3.05, 3.63) is 29.6 Å². The molecule has 5 nitrogen and oxygen atoms in total. The molecule has 2 rings (SSSR count). The molecule has 0 aliphatic carbocycles. The third-order valence-corrected chi connectivity index (χ3v) is 7.03. The molecule has 1 aliphatic heterocycles. The molecule has 118 valence electrons. The van der Waals surface area contributed by atoms with Crippen molar-refractivity contribution in [2.45, 2.75) is 24.7 Å². The van der Waals surface area contributed by atoms with Gasteiger partial charge in [0.2, 0.25) is 10.0 Å². The summed E-state index contributed by atoms with van der Waals surface area (Å²) in [4.78, 5) is -0.0778. The molecule has 1 N–H and O–H groups in total. The number of rotatable bonds is 4. The van der Waals surface area contributed by atoms with Crippen molar-refractivity contribution < 1.29 is 21.2 Å². The van der Waals surface area contributed by atoms with Crippen LogP contribution in [0.15, 0.2) is 23.1 Å². The minimum Gasteiger partial charge on any atom is -0.229 e. The van der Waals surface area contributed by atoms with E-state index in [1.807, 2.05) is 0 Å². The summed E-state index contributed by atoms with van der Waals surface area (Å²) in [6, 6.07) is 3.91. The van der Waals surface area contributed by atoms with Crippen molar-refractivity contribution in [1.82, 2.24) is 4.72 Å². The quantitative estimate of drug-likeness (QED) is 0.898. The minimum absolute atomic E-state index is 0.00262. The smallest absolute Gasteiger partial charge is 0.229 e. The van der Waals surface area contributed by atoms with Crippen molar-refractivity contribution in [3.63, 3.8) is 0 Å². The summed E-state index contributed by atoms with van der Waals surface area (Å²) in [7, 11) is -6.74. The van der Waals surface area contributed by atoms with Gasteiger partial charge in [-0.15, -0.1) is 0 Å². The highest BCUT2D eigenvalue weighted by Crippen LogP contribution is 2.20. The fourth-order valence-electron chi connectivity index (χ4n) is 2.33. The number of nitrogens with one attached hydrogen (secondary N) is 1. The van der Waals surface area contributed by atoms with Gasteiger partial charge in [0, 0.05) is 12.1 Å². The van der Waals surface area contributed by atoms with E-state index in [1.54, 1.807) is 0 Å². The number of hydrogen-bond donors (Lipinski definition) is 1. The van der Waals surface area contributed by atoms with Gasteiger partial charge >= 0.3 is 0 Å². The van der Waals surface area contributed by atoms with Crippen LogP contribution in [0.5, 0.6) is 0 Å². The van der Waals surface area contributed by atoms with Gasteiger partial charge in [-0.3, -0.25) is 0 Å². The topological polar surface area (TPSA) is 80.3 Å². The largest absolute Gasteiger partial charge is 0.240 e. The highest BCUT2D eigenvalue weighted by atomic mass is 32.2. The SMILES string of the molecule is Cc1c(F)cccc1S(=O)(=O)NCC1CCS(=O)(=O)CC1. The van der Waals surface area contributed by atoms with Gasteiger partial charge in [0.15, 0.2) is 0 Å². The molecule has 1 aromatic rings. The predicted molar refractivity (Wildman–Crippen MR) is 77.7 cm³/mol. The van der Waals surface area contributed by atoms with E-state index in [0.717, 1.165) is 0 Å². The molecule has 1 fully saturated rings. The number of hydrogen-bond acceptors (Lipinski definition) is 4. The first-order valence-corrected chi connectivity index (χ1v) is 9.97. The Kier molecular flexibility index (Phi) is 4.69. The van der Waals surface area contributed by atoms with E-state index in [9.17, 15) is 21.2 Å². The number of sulfone groups is 1. The lowest BCUT2D eigenvalue weighted by atomic mass is 10.0. The van der Waals surface area contributed by atoms with E-state index < -0.39 is 25.7 Å². The first-order chi connectivity index (χ1) is 9.71. The van der Waals surface area contributed by atoms with Crippen molar-refractivity contribution in [3.8, 4) is 0 Å². The van der Waals surface area contributed by atoms with Gasteiger partial charge in [0.05, 0.1) is 16.4 Å². The monoisotopic (exact) mass is 335 g/mol. The maximum Gasteiger partial charge on any atom is 0.240 e. The maximum atomic E-state index is 13.4. The standard InChI is InChI=1S/C13H18FNO4S2/c1-10-12(14)3-2-4-13(10)21(18,19)15-9-11-5-7-20(16,17)8-6-11/h2-4,11,15H,5-9H2,1H3. The number of benzene rings is 1. The molecule has 8 heteroatoms. The third-order valence-electron chi connectivity index (χ3n) is 3.74. The Labute approximate surface area is 124 Å². The van der Waals surface area contributed by atoms with Gasteiger partial charge in [-0.2, -0.15) is 0 Å². The molecule has 0 radical (unpaired) electrons. The zero-order valence-corrected chi connectivity index (χ0v) is 13.3. The lowest BCUT2D eigenvalue weighted by molar-refractivity contribution is 0.456. The normalized spacial score (nSPS) is 19.5. The van der Waals surface area contributed by atoms with E-state index >= 15 is 0 Å². The van der Waals surface area contributed by atoms with Crippen LogP contribution in [0, 0.1) is 18.7 Å². The van der Waals surface area contributed by atoms with Gasteiger partial charge in [-0.1, -0.05) is 6.07 Å². The van der Waals surface area contributed by atoms with Crippen LogP contribution >= 0.6 is 0 Å². The van der Waals surface area contributed by atoms with Crippen LogP contribution in [0.25, 0.3) is 0 Å². The molecule has 1 aliphatic rings. The summed E-state index contributed by atoms with van der Waals surface area (Å²) >= 11 is 0. The van der Waals surface area contributed by atoms with Crippen molar-refractivity contribution >= 4 is 19.9 Å². The van der Waals surface area contributed by atoms with E-state index in [4.69, 9.17) is 0 Å². The van der Waals surface area contributed by atoms with E-state index in [0.29, 0.717) is 12.8 Å². The van der Waals surface area contributed by atoms with Gasteiger partial charge < -0.3 is 0 Å². The molecule has 0 aromatic heterocycles. The third kappa shape index (κ3) is 4.02. The summed E-state index contributed by atoms with van der Waals surface area (Å²) in [5.41, 5.74) is 0.0798. The second-order valence-electron chi connectivity index (χ2n) is 5.31. The number of sulfonamides is 1. The fraction of sp³-hybridized carbons (Fsp3) is 0.538. The molecular formula is C13H18FNO4S2. The van der Waals surface area contributed by atoms with Gasteiger partial charge in [-0.25, -0.2) is 25.9 Å². The van der Waals surface area contributed by atoms with E-state index in [-0.39, 0.29) is 34.4 Å². The molecule has 0 amide bonds. The maximum absolute atomic E-state index is 13.4. The Morgan fingerprint density at radius 3 is 2.52 bits per heavy atom. The van der Waals surface area contributed by atoms with Crippen molar-refractivity contribution in [2.75, 3.05) is 18.1 Å². The molecule has 0 spiro atoms.